The second-order valence-corrected chi connectivity index (χ2v) is 6.01. The Hall–Kier alpha value is -1.99. The summed E-state index contributed by atoms with van der Waals surface area (Å²) in [5.74, 6) is -0.0144. The Labute approximate surface area is 142 Å². The van der Waals surface area contributed by atoms with Gasteiger partial charge >= 0.3 is 0 Å². The highest BCUT2D eigenvalue weighted by Crippen LogP contribution is 2.14. The largest absolute Gasteiger partial charge is 0.380 e. The minimum Gasteiger partial charge on any atom is -0.380 e. The number of ether oxygens (including phenoxy) is 1. The quantitative estimate of drug-likeness (QED) is 0.829. The second-order valence-electron chi connectivity index (χ2n) is 6.01. The first-order valence-corrected chi connectivity index (χ1v) is 8.64. The number of carbonyl (C=O) groups excluding carboxylic acids is 1. The monoisotopic (exact) mass is 331 g/mol. The van der Waals surface area contributed by atoms with Crippen LogP contribution in [0.4, 0.5) is 0 Å². The Kier molecular flexibility index (Phi) is 5.42. The molecule has 7 heteroatoms. The van der Waals surface area contributed by atoms with E-state index in [0.717, 1.165) is 38.2 Å². The van der Waals surface area contributed by atoms with Crippen LogP contribution < -0.4 is 0 Å². The second kappa shape index (κ2) is 7.72. The Morgan fingerprint density at radius 2 is 2.08 bits per heavy atom. The summed E-state index contributed by atoms with van der Waals surface area (Å²) in [5.41, 5.74) is 2.27. The lowest BCUT2D eigenvalue weighted by Gasteiger charge is -2.19. The van der Waals surface area contributed by atoms with Crippen molar-refractivity contribution in [3.63, 3.8) is 0 Å². The van der Waals surface area contributed by atoms with Crippen LogP contribution in [0.15, 0.2) is 18.6 Å². The van der Waals surface area contributed by atoms with E-state index in [2.05, 4.69) is 28.8 Å². The molecule has 3 heterocycles. The van der Waals surface area contributed by atoms with E-state index in [1.54, 1.807) is 10.7 Å². The van der Waals surface area contributed by atoms with Crippen LogP contribution in [0.25, 0.3) is 5.65 Å². The predicted molar refractivity (Wildman–Crippen MR) is 91.0 cm³/mol. The van der Waals surface area contributed by atoms with Crippen LogP contribution in [0.5, 0.6) is 0 Å². The number of fused-ring (bicyclic) bond motifs is 1. The Bertz CT molecular complexity index is 687. The van der Waals surface area contributed by atoms with E-state index >= 15 is 0 Å². The molecule has 2 aromatic heterocycles. The van der Waals surface area contributed by atoms with E-state index in [1.807, 2.05) is 17.3 Å². The van der Waals surface area contributed by atoms with Gasteiger partial charge in [0.25, 0.3) is 5.91 Å². The number of carbonyl (C=O) groups is 1. The molecule has 2 aromatic rings. The summed E-state index contributed by atoms with van der Waals surface area (Å²) >= 11 is 0. The number of nitrogens with zero attached hydrogens (tertiary/aromatic N) is 5. The number of rotatable bonds is 5. The average molecular weight is 331 g/mol. The zero-order valence-corrected chi connectivity index (χ0v) is 14.4. The molecule has 0 N–H and O–H groups in total. The molecule has 0 radical (unpaired) electrons. The highest BCUT2D eigenvalue weighted by molar-refractivity contribution is 5.99. The van der Waals surface area contributed by atoms with E-state index in [1.165, 1.54) is 0 Å². The van der Waals surface area contributed by atoms with Gasteiger partial charge in [-0.25, -0.2) is 9.50 Å². The SMILES string of the molecule is CCN(CC)Cc1cnc2c(C(=O)N3CCCOCC3)cnn2c1. The summed E-state index contributed by atoms with van der Waals surface area (Å²) in [4.78, 5) is 21.4. The van der Waals surface area contributed by atoms with E-state index < -0.39 is 0 Å². The molecule has 0 spiro atoms. The van der Waals surface area contributed by atoms with Gasteiger partial charge < -0.3 is 9.64 Å². The van der Waals surface area contributed by atoms with E-state index in [9.17, 15) is 4.79 Å². The van der Waals surface area contributed by atoms with Gasteiger partial charge in [-0.3, -0.25) is 9.69 Å². The summed E-state index contributed by atoms with van der Waals surface area (Å²) in [6.07, 6.45) is 6.30. The lowest BCUT2D eigenvalue weighted by molar-refractivity contribution is 0.0743. The van der Waals surface area contributed by atoms with Gasteiger partial charge in [0.15, 0.2) is 5.65 Å². The Balaban J connectivity index is 1.81. The number of amides is 1. The smallest absolute Gasteiger partial charge is 0.259 e. The van der Waals surface area contributed by atoms with Crippen molar-refractivity contribution in [2.75, 3.05) is 39.4 Å². The van der Waals surface area contributed by atoms with Crippen molar-refractivity contribution in [1.82, 2.24) is 24.4 Å². The summed E-state index contributed by atoms with van der Waals surface area (Å²) in [6, 6.07) is 0. The molecule has 130 valence electrons. The molecule has 1 fully saturated rings. The first kappa shape index (κ1) is 16.9. The van der Waals surface area contributed by atoms with Crippen molar-refractivity contribution >= 4 is 11.6 Å². The van der Waals surface area contributed by atoms with Gasteiger partial charge in [0.1, 0.15) is 5.56 Å². The molecule has 7 nitrogen and oxygen atoms in total. The van der Waals surface area contributed by atoms with Crippen LogP contribution in [0, 0.1) is 0 Å². The maximum absolute atomic E-state index is 12.8. The van der Waals surface area contributed by atoms with E-state index in [0.29, 0.717) is 31.0 Å². The van der Waals surface area contributed by atoms with Crippen molar-refractivity contribution in [2.24, 2.45) is 0 Å². The molecule has 3 rings (SSSR count). The third-order valence-electron chi connectivity index (χ3n) is 4.45. The molecule has 0 saturated carbocycles. The van der Waals surface area contributed by atoms with Gasteiger partial charge in [0.05, 0.1) is 12.8 Å². The molecule has 1 saturated heterocycles. The van der Waals surface area contributed by atoms with E-state index in [4.69, 9.17) is 4.74 Å². The van der Waals surface area contributed by atoms with Crippen molar-refractivity contribution in [2.45, 2.75) is 26.8 Å². The molecule has 24 heavy (non-hydrogen) atoms. The Morgan fingerprint density at radius 1 is 1.25 bits per heavy atom. The highest BCUT2D eigenvalue weighted by atomic mass is 16.5. The molecule has 0 bridgehead atoms. The first-order chi connectivity index (χ1) is 11.7. The van der Waals surface area contributed by atoms with Crippen LogP contribution in [-0.2, 0) is 11.3 Å². The normalized spacial score (nSPS) is 15.9. The molecule has 1 aliphatic heterocycles. The molecule has 0 aliphatic carbocycles. The highest BCUT2D eigenvalue weighted by Gasteiger charge is 2.21. The standard InChI is InChI=1S/C17H25N5O2/c1-3-20(4-2)12-14-10-18-16-15(11-19-22(16)13-14)17(23)21-6-5-8-24-9-7-21/h10-11,13H,3-9,12H2,1-2H3. The maximum Gasteiger partial charge on any atom is 0.259 e. The van der Waals surface area contributed by atoms with Gasteiger partial charge in [0.2, 0.25) is 0 Å². The Morgan fingerprint density at radius 3 is 2.88 bits per heavy atom. The summed E-state index contributed by atoms with van der Waals surface area (Å²) in [5, 5.41) is 4.33. The molecular weight excluding hydrogens is 306 g/mol. The van der Waals surface area contributed by atoms with Gasteiger partial charge in [-0.1, -0.05) is 13.8 Å². The van der Waals surface area contributed by atoms with Gasteiger partial charge in [0, 0.05) is 44.2 Å². The third kappa shape index (κ3) is 3.57. The van der Waals surface area contributed by atoms with Crippen LogP contribution >= 0.6 is 0 Å². The number of aromatic nitrogens is 3. The van der Waals surface area contributed by atoms with Crippen molar-refractivity contribution in [3.05, 3.63) is 29.7 Å². The third-order valence-corrected chi connectivity index (χ3v) is 4.45. The predicted octanol–water partition coefficient (Wildman–Crippen LogP) is 1.43. The van der Waals surface area contributed by atoms with Crippen LogP contribution in [0.3, 0.4) is 0 Å². The lowest BCUT2D eigenvalue weighted by atomic mass is 10.2. The fourth-order valence-corrected chi connectivity index (χ4v) is 2.97. The summed E-state index contributed by atoms with van der Waals surface area (Å²) < 4.78 is 7.13. The summed E-state index contributed by atoms with van der Waals surface area (Å²) in [7, 11) is 0. The van der Waals surface area contributed by atoms with E-state index in [-0.39, 0.29) is 5.91 Å². The van der Waals surface area contributed by atoms with Crippen LogP contribution in [0.2, 0.25) is 0 Å². The number of hydrogen-bond donors (Lipinski definition) is 0. The minimum atomic E-state index is -0.0144. The lowest BCUT2D eigenvalue weighted by Crippen LogP contribution is -2.33. The maximum atomic E-state index is 12.8. The van der Waals surface area contributed by atoms with Gasteiger partial charge in [-0.2, -0.15) is 5.10 Å². The van der Waals surface area contributed by atoms with Gasteiger partial charge in [-0.05, 0) is 19.5 Å². The topological polar surface area (TPSA) is 63.0 Å². The summed E-state index contributed by atoms with van der Waals surface area (Å²) in [6.45, 7) is 9.76. The van der Waals surface area contributed by atoms with Crippen molar-refractivity contribution in [1.29, 1.82) is 0 Å². The molecule has 0 aromatic carbocycles. The van der Waals surface area contributed by atoms with Crippen molar-refractivity contribution < 1.29 is 9.53 Å². The fourth-order valence-electron chi connectivity index (χ4n) is 2.97. The number of hydrogen-bond acceptors (Lipinski definition) is 5. The molecule has 1 amide bonds. The fraction of sp³-hybridized carbons (Fsp3) is 0.588. The molecule has 1 aliphatic rings. The minimum absolute atomic E-state index is 0.0144. The average Bonchev–Trinajstić information content (AvgIpc) is 2.83. The van der Waals surface area contributed by atoms with Crippen LogP contribution in [-0.4, -0.2) is 69.7 Å². The zero-order valence-electron chi connectivity index (χ0n) is 14.4. The van der Waals surface area contributed by atoms with Crippen molar-refractivity contribution in [3.8, 4) is 0 Å². The molecular formula is C17H25N5O2. The first-order valence-electron chi connectivity index (χ1n) is 8.64. The van der Waals surface area contributed by atoms with Crippen LogP contribution in [0.1, 0.15) is 36.2 Å². The zero-order chi connectivity index (χ0) is 16.9. The molecule has 0 atom stereocenters. The van der Waals surface area contributed by atoms with Gasteiger partial charge in [-0.15, -0.1) is 0 Å². The molecule has 0 unspecified atom stereocenters.